The summed E-state index contributed by atoms with van der Waals surface area (Å²) in [5, 5.41) is 7.09. The number of benzene rings is 1. The van der Waals surface area contributed by atoms with Gasteiger partial charge < -0.3 is 15.4 Å². The number of hydrogen-bond donors (Lipinski definition) is 2. The van der Waals surface area contributed by atoms with Crippen molar-refractivity contribution in [1.82, 2.24) is 5.32 Å². The zero-order valence-corrected chi connectivity index (χ0v) is 11.5. The first-order valence-electron chi connectivity index (χ1n) is 7.00. The van der Waals surface area contributed by atoms with Gasteiger partial charge in [-0.25, -0.2) is 0 Å². The molecular formula is C15H24N2O. The minimum absolute atomic E-state index is 0.615. The smallest absolute Gasteiger partial charge is 0.119 e. The van der Waals surface area contributed by atoms with E-state index in [1.807, 2.05) is 13.0 Å². The minimum atomic E-state index is 0.615. The fourth-order valence-electron chi connectivity index (χ4n) is 2.42. The molecule has 1 aliphatic rings. The van der Waals surface area contributed by atoms with Gasteiger partial charge in [-0.3, -0.25) is 0 Å². The van der Waals surface area contributed by atoms with E-state index >= 15 is 0 Å². The SMILES string of the molecule is CCOc1ccc(NCC2CCCCN2)c(C)c1. The first-order valence-corrected chi connectivity index (χ1v) is 7.00. The molecule has 3 nitrogen and oxygen atoms in total. The van der Waals surface area contributed by atoms with E-state index in [4.69, 9.17) is 4.74 Å². The topological polar surface area (TPSA) is 33.3 Å². The molecule has 100 valence electrons. The molecule has 1 aromatic rings. The first kappa shape index (κ1) is 13.2. The molecule has 0 amide bonds. The lowest BCUT2D eigenvalue weighted by molar-refractivity contribution is 0.340. The quantitative estimate of drug-likeness (QED) is 0.840. The van der Waals surface area contributed by atoms with E-state index in [1.54, 1.807) is 0 Å². The van der Waals surface area contributed by atoms with E-state index in [2.05, 4.69) is 29.7 Å². The zero-order chi connectivity index (χ0) is 12.8. The van der Waals surface area contributed by atoms with Gasteiger partial charge in [-0.15, -0.1) is 0 Å². The van der Waals surface area contributed by atoms with Crippen molar-refractivity contribution in [2.24, 2.45) is 0 Å². The summed E-state index contributed by atoms with van der Waals surface area (Å²) in [4.78, 5) is 0. The molecule has 1 unspecified atom stereocenters. The number of ether oxygens (including phenoxy) is 1. The molecule has 3 heteroatoms. The van der Waals surface area contributed by atoms with Gasteiger partial charge in [0, 0.05) is 18.3 Å². The van der Waals surface area contributed by atoms with E-state index in [9.17, 15) is 0 Å². The number of anilines is 1. The van der Waals surface area contributed by atoms with Crippen LogP contribution in [0.25, 0.3) is 0 Å². The van der Waals surface area contributed by atoms with Gasteiger partial charge in [0.2, 0.25) is 0 Å². The lowest BCUT2D eigenvalue weighted by Gasteiger charge is -2.24. The molecule has 18 heavy (non-hydrogen) atoms. The maximum atomic E-state index is 5.50. The second kappa shape index (κ2) is 6.64. The number of piperidine rings is 1. The average molecular weight is 248 g/mol. The van der Waals surface area contributed by atoms with Gasteiger partial charge in [-0.1, -0.05) is 6.42 Å². The van der Waals surface area contributed by atoms with Crippen LogP contribution in [-0.2, 0) is 0 Å². The van der Waals surface area contributed by atoms with Crippen molar-refractivity contribution in [2.45, 2.75) is 39.2 Å². The van der Waals surface area contributed by atoms with Crippen molar-refractivity contribution in [2.75, 3.05) is 25.0 Å². The van der Waals surface area contributed by atoms with Gasteiger partial charge in [-0.2, -0.15) is 0 Å². The Kier molecular flexibility index (Phi) is 4.88. The summed E-state index contributed by atoms with van der Waals surface area (Å²) in [5.41, 5.74) is 2.46. The van der Waals surface area contributed by atoms with Crippen molar-refractivity contribution >= 4 is 5.69 Å². The summed E-state index contributed by atoms with van der Waals surface area (Å²) in [6.45, 7) is 7.02. The Labute approximate surface area is 110 Å². The van der Waals surface area contributed by atoms with E-state index in [0.717, 1.165) is 25.4 Å². The van der Waals surface area contributed by atoms with E-state index < -0.39 is 0 Å². The summed E-state index contributed by atoms with van der Waals surface area (Å²) in [6.07, 6.45) is 3.95. The Morgan fingerprint density at radius 2 is 2.28 bits per heavy atom. The summed E-state index contributed by atoms with van der Waals surface area (Å²) in [6, 6.07) is 6.86. The molecular weight excluding hydrogens is 224 g/mol. The third-order valence-corrected chi connectivity index (χ3v) is 3.46. The Hall–Kier alpha value is -1.22. The van der Waals surface area contributed by atoms with Gasteiger partial charge in [0.05, 0.1) is 6.61 Å². The van der Waals surface area contributed by atoms with Crippen molar-refractivity contribution in [3.63, 3.8) is 0 Å². The molecule has 0 aliphatic carbocycles. The van der Waals surface area contributed by atoms with Crippen LogP contribution in [0.15, 0.2) is 18.2 Å². The van der Waals surface area contributed by atoms with Crippen LogP contribution in [0.1, 0.15) is 31.7 Å². The molecule has 1 saturated heterocycles. The van der Waals surface area contributed by atoms with E-state index in [0.29, 0.717) is 6.04 Å². The van der Waals surface area contributed by atoms with Gasteiger partial charge in [0.15, 0.2) is 0 Å². The van der Waals surface area contributed by atoms with Crippen LogP contribution in [0.5, 0.6) is 5.75 Å². The predicted octanol–water partition coefficient (Wildman–Crippen LogP) is 2.95. The lowest BCUT2D eigenvalue weighted by Crippen LogP contribution is -2.39. The monoisotopic (exact) mass is 248 g/mol. The van der Waals surface area contributed by atoms with Gasteiger partial charge in [-0.05, 0) is 57.0 Å². The first-order chi connectivity index (χ1) is 8.79. The van der Waals surface area contributed by atoms with Crippen molar-refractivity contribution < 1.29 is 4.74 Å². The van der Waals surface area contributed by atoms with Crippen LogP contribution in [0.3, 0.4) is 0 Å². The van der Waals surface area contributed by atoms with Crippen LogP contribution in [0.2, 0.25) is 0 Å². The largest absolute Gasteiger partial charge is 0.494 e. The molecule has 0 spiro atoms. The molecule has 1 aromatic carbocycles. The third-order valence-electron chi connectivity index (χ3n) is 3.46. The second-order valence-electron chi connectivity index (χ2n) is 4.94. The standard InChI is InChI=1S/C15H24N2O/c1-3-18-14-7-8-15(12(2)10-14)17-11-13-6-4-5-9-16-13/h7-8,10,13,16-17H,3-6,9,11H2,1-2H3. The van der Waals surface area contributed by atoms with Crippen molar-refractivity contribution in [3.8, 4) is 5.75 Å². The number of rotatable bonds is 5. The molecule has 1 atom stereocenters. The highest BCUT2D eigenvalue weighted by atomic mass is 16.5. The third kappa shape index (κ3) is 3.64. The molecule has 1 heterocycles. The highest BCUT2D eigenvalue weighted by molar-refractivity contribution is 5.53. The summed E-state index contributed by atoms with van der Waals surface area (Å²) < 4.78 is 5.50. The summed E-state index contributed by atoms with van der Waals surface area (Å²) in [7, 11) is 0. The fraction of sp³-hybridized carbons (Fsp3) is 0.600. The maximum absolute atomic E-state index is 5.50. The van der Waals surface area contributed by atoms with Crippen molar-refractivity contribution in [1.29, 1.82) is 0 Å². The van der Waals surface area contributed by atoms with Crippen LogP contribution in [-0.4, -0.2) is 25.7 Å². The highest BCUT2D eigenvalue weighted by Crippen LogP contribution is 2.21. The number of aryl methyl sites for hydroxylation is 1. The van der Waals surface area contributed by atoms with Crippen LogP contribution < -0.4 is 15.4 Å². The molecule has 0 radical (unpaired) electrons. The average Bonchev–Trinajstić information content (AvgIpc) is 2.39. The highest BCUT2D eigenvalue weighted by Gasteiger charge is 2.12. The maximum Gasteiger partial charge on any atom is 0.119 e. The molecule has 1 fully saturated rings. The fourth-order valence-corrected chi connectivity index (χ4v) is 2.42. The molecule has 2 rings (SSSR count). The normalized spacial score (nSPS) is 19.6. The number of nitrogens with one attached hydrogen (secondary N) is 2. The van der Waals surface area contributed by atoms with E-state index in [1.165, 1.54) is 30.5 Å². The van der Waals surface area contributed by atoms with E-state index in [-0.39, 0.29) is 0 Å². The molecule has 2 N–H and O–H groups in total. The van der Waals surface area contributed by atoms with Crippen LogP contribution in [0.4, 0.5) is 5.69 Å². The lowest BCUT2D eigenvalue weighted by atomic mass is 10.0. The minimum Gasteiger partial charge on any atom is -0.494 e. The molecule has 1 aliphatic heterocycles. The van der Waals surface area contributed by atoms with Gasteiger partial charge >= 0.3 is 0 Å². The Morgan fingerprint density at radius 1 is 1.39 bits per heavy atom. The Balaban J connectivity index is 1.88. The Bertz CT molecular complexity index is 373. The molecule has 0 aromatic heterocycles. The summed E-state index contributed by atoms with van der Waals surface area (Å²) >= 11 is 0. The van der Waals surface area contributed by atoms with Crippen molar-refractivity contribution in [3.05, 3.63) is 23.8 Å². The zero-order valence-electron chi connectivity index (χ0n) is 11.5. The summed E-state index contributed by atoms with van der Waals surface area (Å²) in [5.74, 6) is 0.955. The Morgan fingerprint density at radius 3 is 2.94 bits per heavy atom. The van der Waals surface area contributed by atoms with Crippen LogP contribution >= 0.6 is 0 Å². The predicted molar refractivity (Wildman–Crippen MR) is 76.5 cm³/mol. The number of hydrogen-bond acceptors (Lipinski definition) is 3. The molecule has 0 saturated carbocycles. The van der Waals surface area contributed by atoms with Gasteiger partial charge in [0.25, 0.3) is 0 Å². The van der Waals surface area contributed by atoms with Crippen LogP contribution in [0, 0.1) is 6.92 Å². The van der Waals surface area contributed by atoms with Gasteiger partial charge in [0.1, 0.15) is 5.75 Å². The molecule has 0 bridgehead atoms. The second-order valence-corrected chi connectivity index (χ2v) is 4.94.